The second-order valence-corrected chi connectivity index (χ2v) is 14.8. The van der Waals surface area contributed by atoms with Gasteiger partial charge >= 0.3 is 0 Å². The normalized spacial score (nSPS) is 16.9. The molecule has 0 bridgehead atoms. The van der Waals surface area contributed by atoms with Crippen molar-refractivity contribution in [1.29, 1.82) is 0 Å². The third-order valence-corrected chi connectivity index (χ3v) is 12.4. The molecule has 0 aliphatic carbocycles. The molecule has 0 spiro atoms. The predicted molar refractivity (Wildman–Crippen MR) is 82.3 cm³/mol. The van der Waals surface area contributed by atoms with Gasteiger partial charge in [-0.05, 0) is 39.3 Å². The molecule has 0 fully saturated rings. The van der Waals surface area contributed by atoms with E-state index in [1.165, 1.54) is 0 Å². The molecule has 0 aromatic carbocycles. The van der Waals surface area contributed by atoms with Crippen LogP contribution in [0.15, 0.2) is 0 Å². The van der Waals surface area contributed by atoms with Crippen molar-refractivity contribution < 1.29 is 4.12 Å². The standard InChI is InChI=1S/C12H32N2OSi2/c1-9-13-11(3)16(5,6)15-17(7,8)12(4)14-10-2/h11-14H,9-10H2,1-8H3. The molecule has 0 aliphatic rings. The molecule has 0 aromatic rings. The predicted octanol–water partition coefficient (Wildman–Crippen LogP) is 2.49. The van der Waals surface area contributed by atoms with Crippen molar-refractivity contribution in [2.24, 2.45) is 0 Å². The maximum atomic E-state index is 6.61. The Morgan fingerprint density at radius 1 is 0.824 bits per heavy atom. The summed E-state index contributed by atoms with van der Waals surface area (Å²) in [5.74, 6) is 0. The van der Waals surface area contributed by atoms with Crippen LogP contribution in [-0.2, 0) is 4.12 Å². The zero-order valence-electron chi connectivity index (χ0n) is 13.0. The van der Waals surface area contributed by atoms with Gasteiger partial charge in [-0.2, -0.15) is 0 Å². The van der Waals surface area contributed by atoms with Crippen LogP contribution in [0.3, 0.4) is 0 Å². The lowest BCUT2D eigenvalue weighted by molar-refractivity contribution is 0.473. The van der Waals surface area contributed by atoms with E-state index in [0.717, 1.165) is 13.1 Å². The van der Waals surface area contributed by atoms with Crippen molar-refractivity contribution in [1.82, 2.24) is 10.6 Å². The van der Waals surface area contributed by atoms with Crippen LogP contribution in [0.1, 0.15) is 27.7 Å². The van der Waals surface area contributed by atoms with Gasteiger partial charge < -0.3 is 14.7 Å². The summed E-state index contributed by atoms with van der Waals surface area (Å²) in [5.41, 5.74) is 1.02. The molecule has 17 heavy (non-hydrogen) atoms. The van der Waals surface area contributed by atoms with Crippen LogP contribution in [-0.4, -0.2) is 41.1 Å². The number of hydrogen-bond acceptors (Lipinski definition) is 3. The third-order valence-electron chi connectivity index (χ3n) is 3.63. The highest BCUT2D eigenvalue weighted by atomic mass is 28.4. The first-order valence-electron chi connectivity index (χ1n) is 6.84. The highest BCUT2D eigenvalue weighted by Crippen LogP contribution is 2.20. The molecule has 0 radical (unpaired) electrons. The van der Waals surface area contributed by atoms with E-state index in [4.69, 9.17) is 4.12 Å². The smallest absolute Gasteiger partial charge is 0.190 e. The molecule has 5 heteroatoms. The molecule has 2 unspecified atom stereocenters. The van der Waals surface area contributed by atoms with Crippen LogP contribution in [0.2, 0.25) is 26.2 Å². The van der Waals surface area contributed by atoms with E-state index in [1.807, 2.05) is 0 Å². The Bertz CT molecular complexity index is 201. The van der Waals surface area contributed by atoms with E-state index < -0.39 is 16.6 Å². The topological polar surface area (TPSA) is 33.3 Å². The zero-order chi connectivity index (χ0) is 13.7. The summed E-state index contributed by atoms with van der Waals surface area (Å²) in [7, 11) is -3.29. The van der Waals surface area contributed by atoms with Crippen molar-refractivity contribution in [2.45, 2.75) is 65.2 Å². The van der Waals surface area contributed by atoms with Crippen LogP contribution in [0, 0.1) is 0 Å². The average molecular weight is 277 g/mol. The highest BCUT2D eigenvalue weighted by molar-refractivity contribution is 6.86. The first-order valence-corrected chi connectivity index (χ1v) is 12.8. The number of nitrogens with one attached hydrogen (secondary N) is 2. The molecule has 0 amide bonds. The van der Waals surface area contributed by atoms with E-state index in [1.54, 1.807) is 0 Å². The maximum absolute atomic E-state index is 6.61. The first kappa shape index (κ1) is 17.3. The Hall–Kier alpha value is 0.314. The van der Waals surface area contributed by atoms with Crippen LogP contribution < -0.4 is 10.6 Å². The van der Waals surface area contributed by atoms with E-state index in [2.05, 4.69) is 64.5 Å². The Kier molecular flexibility index (Phi) is 7.17. The summed E-state index contributed by atoms with van der Waals surface area (Å²) in [6, 6.07) is 0. The van der Waals surface area contributed by atoms with Crippen LogP contribution >= 0.6 is 0 Å². The molecular formula is C12H32N2OSi2. The quantitative estimate of drug-likeness (QED) is 0.668. The van der Waals surface area contributed by atoms with Gasteiger partial charge in [-0.15, -0.1) is 0 Å². The van der Waals surface area contributed by atoms with Crippen molar-refractivity contribution >= 4 is 16.6 Å². The molecule has 3 nitrogen and oxygen atoms in total. The minimum atomic E-state index is -1.64. The fourth-order valence-electron chi connectivity index (χ4n) is 1.96. The molecule has 0 saturated heterocycles. The Labute approximate surface area is 110 Å². The largest absolute Gasteiger partial charge is 0.453 e. The Morgan fingerprint density at radius 3 is 1.35 bits per heavy atom. The Balaban J connectivity index is 4.56. The van der Waals surface area contributed by atoms with Gasteiger partial charge in [0.25, 0.3) is 0 Å². The monoisotopic (exact) mass is 276 g/mol. The molecule has 0 aromatic heterocycles. The summed E-state index contributed by atoms with van der Waals surface area (Å²) in [4.78, 5) is 0. The summed E-state index contributed by atoms with van der Waals surface area (Å²) in [5, 5.41) is 7.04. The van der Waals surface area contributed by atoms with Crippen LogP contribution in [0.25, 0.3) is 0 Å². The maximum Gasteiger partial charge on any atom is 0.190 e. The van der Waals surface area contributed by atoms with Gasteiger partial charge in [0.2, 0.25) is 0 Å². The number of rotatable bonds is 8. The second kappa shape index (κ2) is 7.04. The second-order valence-electron chi connectivity index (χ2n) is 5.87. The zero-order valence-corrected chi connectivity index (χ0v) is 15.0. The van der Waals surface area contributed by atoms with Gasteiger partial charge in [0.15, 0.2) is 16.6 Å². The molecule has 0 heterocycles. The molecule has 0 saturated carbocycles. The van der Waals surface area contributed by atoms with Gasteiger partial charge in [-0.3, -0.25) is 0 Å². The fraction of sp³-hybridized carbons (Fsp3) is 1.00. The van der Waals surface area contributed by atoms with E-state index >= 15 is 0 Å². The van der Waals surface area contributed by atoms with Crippen molar-refractivity contribution in [3.63, 3.8) is 0 Å². The van der Waals surface area contributed by atoms with Crippen LogP contribution in [0.5, 0.6) is 0 Å². The summed E-state index contributed by atoms with van der Waals surface area (Å²) >= 11 is 0. The van der Waals surface area contributed by atoms with E-state index in [9.17, 15) is 0 Å². The van der Waals surface area contributed by atoms with E-state index in [0.29, 0.717) is 11.3 Å². The SMILES string of the molecule is CCNC(C)[Si](C)(C)O[Si](C)(C)C(C)NCC. The summed E-state index contributed by atoms with van der Waals surface area (Å²) < 4.78 is 6.61. The summed E-state index contributed by atoms with van der Waals surface area (Å²) in [6.07, 6.45) is 0. The molecule has 0 aliphatic heterocycles. The van der Waals surface area contributed by atoms with Gasteiger partial charge in [0.1, 0.15) is 0 Å². The Morgan fingerprint density at radius 2 is 1.12 bits per heavy atom. The van der Waals surface area contributed by atoms with Gasteiger partial charge in [0, 0.05) is 11.3 Å². The van der Waals surface area contributed by atoms with Crippen LogP contribution in [0.4, 0.5) is 0 Å². The lowest BCUT2D eigenvalue weighted by Gasteiger charge is -2.41. The van der Waals surface area contributed by atoms with E-state index in [-0.39, 0.29) is 0 Å². The molecular weight excluding hydrogens is 244 g/mol. The number of hydrogen-bond donors (Lipinski definition) is 2. The lowest BCUT2D eigenvalue weighted by Crippen LogP contribution is -2.61. The molecule has 2 atom stereocenters. The van der Waals surface area contributed by atoms with Gasteiger partial charge in [0.05, 0.1) is 0 Å². The minimum Gasteiger partial charge on any atom is -0.453 e. The third kappa shape index (κ3) is 5.65. The molecule has 104 valence electrons. The van der Waals surface area contributed by atoms with Crippen molar-refractivity contribution in [3.8, 4) is 0 Å². The fourth-order valence-corrected chi connectivity index (χ4v) is 10.2. The van der Waals surface area contributed by atoms with Crippen molar-refractivity contribution in [3.05, 3.63) is 0 Å². The lowest BCUT2D eigenvalue weighted by atomic mass is 10.6. The van der Waals surface area contributed by atoms with Gasteiger partial charge in [-0.1, -0.05) is 27.7 Å². The molecule has 2 N–H and O–H groups in total. The average Bonchev–Trinajstić information content (AvgIpc) is 2.16. The highest BCUT2D eigenvalue weighted by Gasteiger charge is 2.39. The van der Waals surface area contributed by atoms with Crippen molar-refractivity contribution in [2.75, 3.05) is 13.1 Å². The minimum absolute atomic E-state index is 0.508. The first-order chi connectivity index (χ1) is 7.67. The van der Waals surface area contributed by atoms with Gasteiger partial charge in [-0.25, -0.2) is 0 Å². The summed E-state index contributed by atoms with van der Waals surface area (Å²) in [6.45, 7) is 20.2. The molecule has 0 rings (SSSR count).